The number of amides is 2. The van der Waals surface area contributed by atoms with Crippen LogP contribution in [-0.2, 0) is 19.4 Å². The SMILES string of the molecule is CS(=O)(=O)c1ccc(/C=C(/C(=O)NCCCCCC(=O)NO)c2ccc(F)cc2)cc1. The van der Waals surface area contributed by atoms with Crippen molar-refractivity contribution >= 4 is 33.3 Å². The molecular formula is C22H25FN2O5S. The number of nitrogens with one attached hydrogen (secondary N) is 2. The maximum absolute atomic E-state index is 13.3. The molecule has 166 valence electrons. The van der Waals surface area contributed by atoms with Gasteiger partial charge in [0.1, 0.15) is 5.82 Å². The van der Waals surface area contributed by atoms with Gasteiger partial charge in [-0.15, -0.1) is 0 Å². The van der Waals surface area contributed by atoms with E-state index in [0.717, 1.165) is 6.26 Å². The summed E-state index contributed by atoms with van der Waals surface area (Å²) in [6, 6.07) is 11.6. The zero-order chi connectivity index (χ0) is 22.9. The van der Waals surface area contributed by atoms with Gasteiger partial charge in [-0.1, -0.05) is 30.7 Å². The number of halogens is 1. The summed E-state index contributed by atoms with van der Waals surface area (Å²) < 4.78 is 36.6. The molecule has 0 unspecified atom stereocenters. The van der Waals surface area contributed by atoms with E-state index in [9.17, 15) is 22.4 Å². The number of sulfone groups is 1. The van der Waals surface area contributed by atoms with Gasteiger partial charge >= 0.3 is 0 Å². The third kappa shape index (κ3) is 7.95. The molecule has 0 radical (unpaired) electrons. The van der Waals surface area contributed by atoms with Crippen LogP contribution >= 0.6 is 0 Å². The molecule has 0 aliphatic carbocycles. The van der Waals surface area contributed by atoms with Gasteiger partial charge in [-0.2, -0.15) is 0 Å². The number of rotatable bonds is 10. The van der Waals surface area contributed by atoms with Crippen molar-refractivity contribution in [3.05, 3.63) is 65.5 Å². The van der Waals surface area contributed by atoms with Gasteiger partial charge in [-0.05, 0) is 54.3 Å². The van der Waals surface area contributed by atoms with Gasteiger partial charge in [0.2, 0.25) is 5.91 Å². The van der Waals surface area contributed by atoms with E-state index in [2.05, 4.69) is 5.32 Å². The second-order valence-corrected chi connectivity index (χ2v) is 9.02. The average molecular weight is 449 g/mol. The van der Waals surface area contributed by atoms with Crippen molar-refractivity contribution in [3.8, 4) is 0 Å². The lowest BCUT2D eigenvalue weighted by molar-refractivity contribution is -0.129. The number of hydrogen-bond acceptors (Lipinski definition) is 5. The zero-order valence-electron chi connectivity index (χ0n) is 17.1. The van der Waals surface area contributed by atoms with Crippen molar-refractivity contribution in [2.45, 2.75) is 30.6 Å². The first-order valence-electron chi connectivity index (χ1n) is 9.69. The van der Waals surface area contributed by atoms with Crippen LogP contribution in [0.3, 0.4) is 0 Å². The summed E-state index contributed by atoms with van der Waals surface area (Å²) in [6.07, 6.45) is 4.84. The molecule has 0 atom stereocenters. The molecule has 9 heteroatoms. The summed E-state index contributed by atoms with van der Waals surface area (Å²) in [6.45, 7) is 0.380. The van der Waals surface area contributed by atoms with E-state index >= 15 is 0 Å². The Morgan fingerprint density at radius 2 is 1.65 bits per heavy atom. The molecular weight excluding hydrogens is 423 g/mol. The fourth-order valence-electron chi connectivity index (χ4n) is 2.83. The van der Waals surface area contributed by atoms with Crippen LogP contribution in [0, 0.1) is 5.82 Å². The van der Waals surface area contributed by atoms with E-state index in [1.165, 1.54) is 36.4 Å². The highest BCUT2D eigenvalue weighted by Crippen LogP contribution is 2.20. The Bertz CT molecular complexity index is 1030. The lowest BCUT2D eigenvalue weighted by Gasteiger charge is -2.10. The molecule has 0 heterocycles. The van der Waals surface area contributed by atoms with Crippen LogP contribution < -0.4 is 10.8 Å². The normalized spacial score (nSPS) is 11.8. The summed E-state index contributed by atoms with van der Waals surface area (Å²) in [7, 11) is -3.33. The Balaban J connectivity index is 2.12. The molecule has 0 aliphatic rings. The lowest BCUT2D eigenvalue weighted by atomic mass is 10.0. The second-order valence-electron chi connectivity index (χ2n) is 7.01. The predicted octanol–water partition coefficient (Wildman–Crippen LogP) is 2.95. The van der Waals surface area contributed by atoms with Crippen molar-refractivity contribution < 1.29 is 27.6 Å². The van der Waals surface area contributed by atoms with Crippen molar-refractivity contribution in [3.63, 3.8) is 0 Å². The van der Waals surface area contributed by atoms with E-state index in [1.807, 2.05) is 0 Å². The maximum Gasteiger partial charge on any atom is 0.251 e. The van der Waals surface area contributed by atoms with Gasteiger partial charge in [0.15, 0.2) is 9.84 Å². The molecule has 2 aromatic rings. The van der Waals surface area contributed by atoms with Gasteiger partial charge in [-0.25, -0.2) is 18.3 Å². The molecule has 0 aromatic heterocycles. The highest BCUT2D eigenvalue weighted by atomic mass is 32.2. The van der Waals surface area contributed by atoms with E-state index in [-0.39, 0.29) is 17.2 Å². The highest BCUT2D eigenvalue weighted by Gasteiger charge is 2.13. The third-order valence-corrected chi connectivity index (χ3v) is 5.64. The second kappa shape index (κ2) is 11.4. The molecule has 3 N–H and O–H groups in total. The monoisotopic (exact) mass is 448 g/mol. The number of carbonyl (C=O) groups excluding carboxylic acids is 2. The Morgan fingerprint density at radius 3 is 2.23 bits per heavy atom. The Kier molecular flexibility index (Phi) is 8.89. The van der Waals surface area contributed by atoms with E-state index in [1.54, 1.807) is 23.7 Å². The largest absolute Gasteiger partial charge is 0.352 e. The van der Waals surface area contributed by atoms with Gasteiger partial charge in [0.25, 0.3) is 5.91 Å². The minimum absolute atomic E-state index is 0.173. The molecule has 2 amide bonds. The maximum atomic E-state index is 13.3. The van der Waals surface area contributed by atoms with Crippen LogP contribution in [0.1, 0.15) is 36.8 Å². The van der Waals surface area contributed by atoms with Crippen LogP contribution in [0.5, 0.6) is 0 Å². The van der Waals surface area contributed by atoms with Gasteiger partial charge < -0.3 is 5.32 Å². The summed E-state index contributed by atoms with van der Waals surface area (Å²) in [5, 5.41) is 11.3. The van der Waals surface area contributed by atoms with E-state index in [4.69, 9.17) is 5.21 Å². The number of hydroxylamine groups is 1. The fraction of sp³-hybridized carbons (Fsp3) is 0.273. The number of unbranched alkanes of at least 4 members (excludes halogenated alkanes) is 2. The van der Waals surface area contributed by atoms with Crippen LogP contribution in [-0.4, -0.2) is 38.2 Å². The molecule has 0 spiro atoms. The quantitative estimate of drug-likeness (QED) is 0.170. The third-order valence-electron chi connectivity index (χ3n) is 4.51. The first-order valence-corrected chi connectivity index (χ1v) is 11.6. The molecule has 0 bridgehead atoms. The van der Waals surface area contributed by atoms with E-state index in [0.29, 0.717) is 42.5 Å². The van der Waals surface area contributed by atoms with E-state index < -0.39 is 21.6 Å². The smallest absolute Gasteiger partial charge is 0.251 e. The molecule has 0 saturated heterocycles. The summed E-state index contributed by atoms with van der Waals surface area (Å²) in [5.74, 6) is -1.23. The van der Waals surface area contributed by atoms with Crippen LogP contribution in [0.25, 0.3) is 11.6 Å². The van der Waals surface area contributed by atoms with Crippen molar-refractivity contribution in [2.24, 2.45) is 0 Å². The van der Waals surface area contributed by atoms with Gasteiger partial charge in [-0.3, -0.25) is 14.8 Å². The van der Waals surface area contributed by atoms with Gasteiger partial charge in [0.05, 0.1) is 4.90 Å². The zero-order valence-corrected chi connectivity index (χ0v) is 17.9. The fourth-order valence-corrected chi connectivity index (χ4v) is 3.46. The highest BCUT2D eigenvalue weighted by molar-refractivity contribution is 7.90. The Labute approximate surface area is 180 Å². The van der Waals surface area contributed by atoms with Crippen LogP contribution in [0.2, 0.25) is 0 Å². The summed E-state index contributed by atoms with van der Waals surface area (Å²) in [4.78, 5) is 23.9. The molecule has 31 heavy (non-hydrogen) atoms. The predicted molar refractivity (Wildman–Crippen MR) is 115 cm³/mol. The number of benzene rings is 2. The van der Waals surface area contributed by atoms with Gasteiger partial charge in [0, 0.05) is 24.8 Å². The molecule has 7 nitrogen and oxygen atoms in total. The Morgan fingerprint density at radius 1 is 1.00 bits per heavy atom. The summed E-state index contributed by atoms with van der Waals surface area (Å²) >= 11 is 0. The average Bonchev–Trinajstić information content (AvgIpc) is 2.74. The number of carbonyl (C=O) groups is 2. The minimum atomic E-state index is -3.33. The summed E-state index contributed by atoms with van der Waals surface area (Å²) in [5.41, 5.74) is 3.02. The molecule has 0 fully saturated rings. The molecule has 0 saturated carbocycles. The first-order chi connectivity index (χ1) is 14.7. The molecule has 2 rings (SSSR count). The van der Waals surface area contributed by atoms with Crippen molar-refractivity contribution in [2.75, 3.05) is 12.8 Å². The minimum Gasteiger partial charge on any atom is -0.352 e. The Hall–Kier alpha value is -3.04. The van der Waals surface area contributed by atoms with Crippen LogP contribution in [0.4, 0.5) is 4.39 Å². The lowest BCUT2D eigenvalue weighted by Crippen LogP contribution is -2.25. The van der Waals surface area contributed by atoms with Crippen molar-refractivity contribution in [1.82, 2.24) is 10.8 Å². The number of hydrogen-bond donors (Lipinski definition) is 3. The molecule has 2 aromatic carbocycles. The van der Waals surface area contributed by atoms with Crippen molar-refractivity contribution in [1.29, 1.82) is 0 Å². The first kappa shape index (κ1) is 24.2. The standard InChI is InChI=1S/C22H25FN2O5S/c1-31(29,30)19-12-6-16(7-13-19)15-20(17-8-10-18(23)11-9-17)22(27)24-14-4-2-3-5-21(26)25-28/h6-13,15,28H,2-5,14H2,1H3,(H,24,27)(H,25,26)/b20-15+. The topological polar surface area (TPSA) is 113 Å². The van der Waals surface area contributed by atoms with Crippen LogP contribution in [0.15, 0.2) is 53.4 Å². The molecule has 0 aliphatic heterocycles.